The van der Waals surface area contributed by atoms with Crippen LogP contribution in [0, 0.1) is 10.1 Å². The van der Waals surface area contributed by atoms with Crippen LogP contribution in [-0.4, -0.2) is 74.6 Å². The average molecular weight is 658 g/mol. The van der Waals surface area contributed by atoms with Gasteiger partial charge in [-0.1, -0.05) is 23.2 Å². The molecule has 0 unspecified atom stereocenters. The van der Waals surface area contributed by atoms with Crippen LogP contribution >= 0.6 is 23.2 Å². The SMILES string of the molecule is COC(=O)c1cc(Cl)c(NC(C)=O)c([N+](=O)[O-])c1OC.COC(=O)c1cc(Cl)c(NC(C)=O)cc1OC.O=S(=O)(O)O. The molecule has 0 atom stereocenters. The van der Waals surface area contributed by atoms with Crippen LogP contribution in [-0.2, 0) is 29.5 Å². The first-order valence-electron chi connectivity index (χ1n) is 10.7. The second-order valence-corrected chi connectivity index (χ2v) is 8.96. The highest BCUT2D eigenvalue weighted by Crippen LogP contribution is 2.43. The average Bonchev–Trinajstić information content (AvgIpc) is 2.88. The number of amides is 2. The fourth-order valence-corrected chi connectivity index (χ4v) is 3.29. The van der Waals surface area contributed by atoms with Crippen molar-refractivity contribution < 1.29 is 60.6 Å². The number of esters is 2. The van der Waals surface area contributed by atoms with Gasteiger partial charge < -0.3 is 29.6 Å². The molecule has 2 rings (SSSR count). The second kappa shape index (κ2) is 16.9. The van der Waals surface area contributed by atoms with E-state index in [1.165, 1.54) is 40.2 Å². The smallest absolute Gasteiger partial charge is 0.394 e. The highest BCUT2D eigenvalue weighted by atomic mass is 35.5. The van der Waals surface area contributed by atoms with Gasteiger partial charge in [0.15, 0.2) is 0 Å². The zero-order valence-corrected chi connectivity index (χ0v) is 25.0. The number of ether oxygens (including phenoxy) is 4. The number of nitrogens with one attached hydrogen (secondary N) is 2. The molecule has 0 fully saturated rings. The molecule has 0 saturated heterocycles. The van der Waals surface area contributed by atoms with Crippen LogP contribution in [0.15, 0.2) is 18.2 Å². The van der Waals surface area contributed by atoms with Gasteiger partial charge in [-0.3, -0.25) is 28.8 Å². The maximum absolute atomic E-state index is 11.6. The number of methoxy groups -OCH3 is 4. The number of carbonyl (C=O) groups excluding carboxylic acids is 4. The van der Waals surface area contributed by atoms with Gasteiger partial charge in [0.25, 0.3) is 0 Å². The minimum absolute atomic E-state index is 0.173. The third-order valence-corrected chi connectivity index (χ3v) is 4.92. The van der Waals surface area contributed by atoms with Gasteiger partial charge in [-0.25, -0.2) is 9.59 Å². The van der Waals surface area contributed by atoms with E-state index >= 15 is 0 Å². The third kappa shape index (κ3) is 12.1. The fraction of sp³-hybridized carbons (Fsp3) is 0.273. The Bertz CT molecular complexity index is 1460. The first-order chi connectivity index (χ1) is 19.3. The van der Waals surface area contributed by atoms with Crippen LogP contribution < -0.4 is 20.1 Å². The predicted molar refractivity (Wildman–Crippen MR) is 148 cm³/mol. The lowest BCUT2D eigenvalue weighted by atomic mass is 10.1. The highest BCUT2D eigenvalue weighted by Gasteiger charge is 2.31. The molecule has 232 valence electrons. The number of anilines is 2. The second-order valence-electron chi connectivity index (χ2n) is 7.25. The largest absolute Gasteiger partial charge is 0.496 e. The molecule has 4 N–H and O–H groups in total. The Kier molecular flexibility index (Phi) is 15.2. The molecule has 17 nitrogen and oxygen atoms in total. The molecule has 0 spiro atoms. The van der Waals surface area contributed by atoms with Gasteiger partial charge >= 0.3 is 28.0 Å². The van der Waals surface area contributed by atoms with Gasteiger partial charge in [0, 0.05) is 19.9 Å². The van der Waals surface area contributed by atoms with E-state index in [1.807, 2.05) is 0 Å². The monoisotopic (exact) mass is 657 g/mol. The van der Waals surface area contributed by atoms with Crippen molar-refractivity contribution in [3.63, 3.8) is 0 Å². The molecule has 0 radical (unpaired) electrons. The van der Waals surface area contributed by atoms with Crippen LogP contribution in [0.5, 0.6) is 11.5 Å². The van der Waals surface area contributed by atoms with Crippen LogP contribution in [0.1, 0.15) is 34.6 Å². The first-order valence-corrected chi connectivity index (χ1v) is 12.8. The molecule has 0 saturated carbocycles. The highest BCUT2D eigenvalue weighted by molar-refractivity contribution is 7.79. The van der Waals surface area contributed by atoms with Gasteiger partial charge in [-0.15, -0.1) is 0 Å². The molecular formula is C22H25Cl2N3O14S. The molecule has 0 aliphatic heterocycles. The number of rotatable bonds is 7. The number of nitro groups is 1. The number of hydrogen-bond acceptors (Lipinski definition) is 12. The molecule has 0 aliphatic rings. The van der Waals surface area contributed by atoms with Gasteiger partial charge in [0.05, 0.1) is 49.1 Å². The van der Waals surface area contributed by atoms with Crippen LogP contribution in [0.4, 0.5) is 17.1 Å². The van der Waals surface area contributed by atoms with E-state index in [1.54, 1.807) is 0 Å². The Labute approximate surface area is 248 Å². The van der Waals surface area contributed by atoms with Crippen molar-refractivity contribution in [1.29, 1.82) is 0 Å². The van der Waals surface area contributed by atoms with Gasteiger partial charge in [-0.2, -0.15) is 8.42 Å². The Hall–Kier alpha value is -4.23. The molecule has 2 aromatic carbocycles. The minimum Gasteiger partial charge on any atom is -0.496 e. The predicted octanol–water partition coefficient (Wildman–Crippen LogP) is 3.44. The summed E-state index contributed by atoms with van der Waals surface area (Å²) in [6.07, 6.45) is 0. The summed E-state index contributed by atoms with van der Waals surface area (Å²) >= 11 is 11.8. The topological polar surface area (TPSA) is 247 Å². The lowest BCUT2D eigenvalue weighted by Crippen LogP contribution is -2.12. The number of nitrogens with zero attached hydrogens (tertiary/aromatic N) is 1. The van der Waals surface area contributed by atoms with E-state index in [0.29, 0.717) is 5.69 Å². The van der Waals surface area contributed by atoms with Gasteiger partial charge in [0.1, 0.15) is 22.6 Å². The summed E-state index contributed by atoms with van der Waals surface area (Å²) in [5.74, 6) is -2.28. The third-order valence-electron chi connectivity index (χ3n) is 4.30. The van der Waals surface area contributed by atoms with Crippen molar-refractivity contribution in [3.8, 4) is 11.5 Å². The van der Waals surface area contributed by atoms with Crippen molar-refractivity contribution in [3.05, 3.63) is 49.5 Å². The van der Waals surface area contributed by atoms with Gasteiger partial charge in [0.2, 0.25) is 17.6 Å². The fourth-order valence-electron chi connectivity index (χ4n) is 2.83. The standard InChI is InChI=1S/C11H11ClN2O6.C11H12ClNO4.H2O4S/c1-5(15)13-8-7(12)4-6(11(16)20-3)10(19-2)9(8)14(17)18;1-6(14)13-9-5-10(16-2)7(4-8(9)12)11(15)17-3;1-5(2,3)4/h4H,1-3H3,(H,13,15);4-5H,1-3H3,(H,13,14);(H2,1,2,3,4). The van der Waals surface area contributed by atoms with E-state index in [4.69, 9.17) is 50.2 Å². The number of hydrogen-bond donors (Lipinski definition) is 4. The molecule has 2 amide bonds. The summed E-state index contributed by atoms with van der Waals surface area (Å²) in [5.41, 5.74) is -0.483. The number of carbonyl (C=O) groups is 4. The summed E-state index contributed by atoms with van der Waals surface area (Å²) in [6.45, 7) is 2.53. The number of benzene rings is 2. The van der Waals surface area contributed by atoms with E-state index in [9.17, 15) is 29.3 Å². The summed E-state index contributed by atoms with van der Waals surface area (Å²) < 4.78 is 50.6. The quantitative estimate of drug-likeness (QED) is 0.144. The molecule has 0 bridgehead atoms. The molecule has 0 aromatic heterocycles. The molecule has 2 aromatic rings. The van der Waals surface area contributed by atoms with Crippen molar-refractivity contribution in [2.75, 3.05) is 39.1 Å². The minimum atomic E-state index is -4.67. The summed E-state index contributed by atoms with van der Waals surface area (Å²) in [5, 5.41) is 16.0. The number of nitro benzene ring substituents is 1. The van der Waals surface area contributed by atoms with Crippen molar-refractivity contribution in [2.24, 2.45) is 0 Å². The molecule has 20 heteroatoms. The van der Waals surface area contributed by atoms with Crippen molar-refractivity contribution >= 4 is 74.4 Å². The molecule has 42 heavy (non-hydrogen) atoms. The van der Waals surface area contributed by atoms with E-state index < -0.39 is 38.9 Å². The summed E-state index contributed by atoms with van der Waals surface area (Å²) in [7, 11) is 0.272. The summed E-state index contributed by atoms with van der Waals surface area (Å²) in [4.78, 5) is 55.4. The maximum Gasteiger partial charge on any atom is 0.394 e. The summed E-state index contributed by atoms with van der Waals surface area (Å²) in [6, 6.07) is 3.98. The van der Waals surface area contributed by atoms with Crippen LogP contribution in [0.3, 0.4) is 0 Å². The normalized spacial score (nSPS) is 9.95. The van der Waals surface area contributed by atoms with Crippen molar-refractivity contribution in [2.45, 2.75) is 13.8 Å². The molecule has 0 aliphatic carbocycles. The maximum atomic E-state index is 11.6. The van der Waals surface area contributed by atoms with Gasteiger partial charge in [-0.05, 0) is 12.1 Å². The number of halogens is 2. The Morgan fingerprint density at radius 1 is 0.833 bits per heavy atom. The Morgan fingerprint density at radius 3 is 1.67 bits per heavy atom. The zero-order valence-electron chi connectivity index (χ0n) is 22.6. The van der Waals surface area contributed by atoms with E-state index in [-0.39, 0.29) is 44.3 Å². The molecular weight excluding hydrogens is 633 g/mol. The van der Waals surface area contributed by atoms with E-state index in [0.717, 1.165) is 20.3 Å². The zero-order chi connectivity index (χ0) is 32.9. The van der Waals surface area contributed by atoms with E-state index in [2.05, 4.69) is 20.1 Å². The van der Waals surface area contributed by atoms with Crippen molar-refractivity contribution in [1.82, 2.24) is 0 Å². The lowest BCUT2D eigenvalue weighted by Gasteiger charge is -2.12. The van der Waals surface area contributed by atoms with Crippen LogP contribution in [0.2, 0.25) is 10.0 Å². The Balaban J connectivity index is 0.000000696. The first kappa shape index (κ1) is 37.8. The lowest BCUT2D eigenvalue weighted by molar-refractivity contribution is -0.384. The van der Waals surface area contributed by atoms with Crippen LogP contribution in [0.25, 0.3) is 0 Å². The molecule has 0 heterocycles. The Morgan fingerprint density at radius 2 is 1.29 bits per heavy atom.